The maximum atomic E-state index is 11.7. The number of nitriles is 1. The van der Waals surface area contributed by atoms with Crippen LogP contribution in [-0.2, 0) is 4.79 Å². The zero-order valence-corrected chi connectivity index (χ0v) is 43.0. The minimum absolute atomic E-state index is 0.288. The molecule has 0 aliphatic carbocycles. The Kier molecular flexibility index (Phi) is 13.0. The lowest BCUT2D eigenvalue weighted by Crippen LogP contribution is -2.22. The summed E-state index contributed by atoms with van der Waals surface area (Å²) in [5.74, 6) is -1.23. The number of rotatable bonds is 13. The molecule has 0 amide bonds. The maximum Gasteiger partial charge on any atom is 0.346 e. The molecule has 9 aromatic rings. The van der Waals surface area contributed by atoms with E-state index in [-0.39, 0.29) is 5.57 Å². The lowest BCUT2D eigenvalue weighted by Gasteiger charge is -2.34. The van der Waals surface area contributed by atoms with Gasteiger partial charge in [-0.2, -0.15) is 5.26 Å². The van der Waals surface area contributed by atoms with Crippen molar-refractivity contribution in [3.63, 3.8) is 0 Å². The molecule has 0 bridgehead atoms. The first-order valence-electron chi connectivity index (χ1n) is 24.9. The van der Waals surface area contributed by atoms with Crippen LogP contribution in [0.2, 0.25) is 0 Å². The third-order valence-corrected chi connectivity index (χ3v) is 17.1. The van der Waals surface area contributed by atoms with E-state index < -0.39 is 5.97 Å². The van der Waals surface area contributed by atoms with Crippen LogP contribution in [0.5, 0.6) is 0 Å². The fraction of sp³-hybridized carbons (Fsp3) is 0.0938. The van der Waals surface area contributed by atoms with E-state index in [4.69, 9.17) is 0 Å². The molecule has 0 aromatic heterocycles. The normalized spacial score (nSPS) is 13.1. The highest BCUT2D eigenvalue weighted by atomic mass is 32.2. The largest absolute Gasteiger partial charge is 0.477 e. The van der Waals surface area contributed by atoms with Crippen molar-refractivity contribution in [1.29, 1.82) is 5.26 Å². The Balaban J connectivity index is 0.905. The van der Waals surface area contributed by atoms with Gasteiger partial charge in [0, 0.05) is 64.4 Å². The Hall–Kier alpha value is -8.07. The van der Waals surface area contributed by atoms with Gasteiger partial charge in [-0.25, -0.2) is 4.79 Å². The van der Waals surface area contributed by atoms with Crippen molar-refractivity contribution in [3.05, 3.63) is 217 Å². The number of hydrogen-bond acceptors (Lipinski definition) is 9. The summed E-state index contributed by atoms with van der Waals surface area (Å²) in [6.45, 7) is 3.10. The third kappa shape index (κ3) is 8.98. The highest BCUT2D eigenvalue weighted by molar-refractivity contribution is 8.00. The Morgan fingerprint density at radius 1 is 0.500 bits per heavy atom. The second-order valence-corrected chi connectivity index (χ2v) is 21.6. The van der Waals surface area contributed by atoms with Crippen LogP contribution in [0.4, 0.5) is 62.6 Å². The van der Waals surface area contributed by atoms with Gasteiger partial charge in [0.05, 0.1) is 34.1 Å². The van der Waals surface area contributed by atoms with Crippen LogP contribution >= 0.6 is 35.3 Å². The molecule has 12 rings (SSSR count). The number of carbonyl (C=O) groups is 1. The molecule has 3 aliphatic rings. The van der Waals surface area contributed by atoms with Gasteiger partial charge in [0.2, 0.25) is 0 Å². The van der Waals surface area contributed by atoms with Gasteiger partial charge in [0.15, 0.2) is 0 Å². The van der Waals surface area contributed by atoms with Gasteiger partial charge in [0.1, 0.15) is 11.6 Å². The lowest BCUT2D eigenvalue weighted by atomic mass is 10.0. The number of para-hydroxylation sites is 4. The van der Waals surface area contributed by atoms with Gasteiger partial charge in [0.25, 0.3) is 0 Å². The molecule has 0 saturated carbocycles. The highest BCUT2D eigenvalue weighted by Crippen LogP contribution is 2.54. The third-order valence-electron chi connectivity index (χ3n) is 13.7. The summed E-state index contributed by atoms with van der Waals surface area (Å²) in [5, 5.41) is 19.1. The summed E-state index contributed by atoms with van der Waals surface area (Å²) < 4.78 is 0. The molecule has 0 atom stereocenters. The number of unbranched alkanes of at least 4 members (excludes halogenated alkanes) is 3. The smallest absolute Gasteiger partial charge is 0.346 e. The molecule has 0 radical (unpaired) electrons. The van der Waals surface area contributed by atoms with E-state index in [1.807, 2.05) is 41.7 Å². The predicted molar refractivity (Wildman–Crippen MR) is 307 cm³/mol. The number of hydrogen-bond donors (Lipinski definition) is 1. The molecular weight excluding hydrogens is 967 g/mol. The molecule has 3 aliphatic heterocycles. The second kappa shape index (κ2) is 20.4. The van der Waals surface area contributed by atoms with Crippen molar-refractivity contribution in [3.8, 4) is 17.2 Å². The summed E-state index contributed by atoms with van der Waals surface area (Å²) in [4.78, 5) is 28.3. The molecule has 1 N–H and O–H groups in total. The van der Waals surface area contributed by atoms with Crippen LogP contribution in [0.25, 0.3) is 17.2 Å². The number of fused-ring (bicyclic) bond motifs is 6. The van der Waals surface area contributed by atoms with Crippen molar-refractivity contribution in [2.45, 2.75) is 62.0 Å². The van der Waals surface area contributed by atoms with Crippen molar-refractivity contribution >= 4 is 110 Å². The highest BCUT2D eigenvalue weighted by Gasteiger charge is 2.28. The van der Waals surface area contributed by atoms with Crippen LogP contribution in [0.15, 0.2) is 241 Å². The number of carboxylic acids is 1. The second-order valence-electron chi connectivity index (χ2n) is 18.4. The summed E-state index contributed by atoms with van der Waals surface area (Å²) in [6.07, 6.45) is 6.00. The average molecular weight is 1020 g/mol. The van der Waals surface area contributed by atoms with E-state index >= 15 is 0 Å². The molecule has 360 valence electrons. The molecule has 74 heavy (non-hydrogen) atoms. The van der Waals surface area contributed by atoms with Crippen LogP contribution in [0.1, 0.15) is 38.2 Å². The number of aliphatic carboxylic acids is 1. The van der Waals surface area contributed by atoms with E-state index in [1.165, 1.54) is 54.8 Å². The van der Waals surface area contributed by atoms with Crippen molar-refractivity contribution < 1.29 is 9.90 Å². The van der Waals surface area contributed by atoms with E-state index in [0.29, 0.717) is 5.56 Å². The number of benzene rings is 9. The monoisotopic (exact) mass is 1020 g/mol. The van der Waals surface area contributed by atoms with Gasteiger partial charge in [-0.3, -0.25) is 0 Å². The predicted octanol–water partition coefficient (Wildman–Crippen LogP) is 18.9. The van der Waals surface area contributed by atoms with Crippen molar-refractivity contribution in [2.24, 2.45) is 0 Å². The fourth-order valence-electron chi connectivity index (χ4n) is 10.1. The Bertz CT molecular complexity index is 3430. The van der Waals surface area contributed by atoms with Crippen LogP contribution in [0, 0.1) is 11.3 Å². The molecule has 0 spiro atoms. The first-order chi connectivity index (χ1) is 36.4. The average Bonchev–Trinajstić information content (AvgIpc) is 3.44. The summed E-state index contributed by atoms with van der Waals surface area (Å²) in [6, 6.07) is 75.8. The van der Waals surface area contributed by atoms with E-state index in [2.05, 4.69) is 221 Å². The van der Waals surface area contributed by atoms with Crippen LogP contribution < -0.4 is 19.6 Å². The van der Waals surface area contributed by atoms with Gasteiger partial charge in [-0.15, -0.1) is 0 Å². The summed E-state index contributed by atoms with van der Waals surface area (Å²) in [7, 11) is 0. The molecule has 9 aromatic carbocycles. The standard InChI is InChI=1S/C64H49N5O2S3/c1-2-3-4-13-38-66-52-36-22-43(39-46(42-65)64(70)71)40-62(52)74-63-41-45(25-37-53(63)66)44-23-26-47(27-24-44)67(48-28-32-50(33-29-48)68-54-14-5-9-18-58(54)72-59-19-10-6-15-55(59)68)49-30-34-51(35-31-49)69-56-16-7-11-20-60(56)73-61-21-12-8-17-57(61)69/h5-12,14-37,39-41H,2-4,13,38H2,1H3,(H,70,71)/b46-39+. The van der Waals surface area contributed by atoms with Gasteiger partial charge in [-0.05, 0) is 163 Å². The summed E-state index contributed by atoms with van der Waals surface area (Å²) >= 11 is 5.31. The summed E-state index contributed by atoms with van der Waals surface area (Å²) in [5.41, 5.74) is 14.8. The van der Waals surface area contributed by atoms with E-state index in [0.717, 1.165) is 86.5 Å². The Morgan fingerprint density at radius 2 is 0.932 bits per heavy atom. The lowest BCUT2D eigenvalue weighted by molar-refractivity contribution is -0.132. The number of anilines is 11. The first-order valence-corrected chi connectivity index (χ1v) is 27.4. The quantitative estimate of drug-likeness (QED) is 0.0686. The molecular formula is C64H49N5O2S3. The fourth-order valence-corrected chi connectivity index (χ4v) is 13.4. The number of carboxylic acid groups (broad SMARTS) is 1. The Morgan fingerprint density at radius 3 is 1.41 bits per heavy atom. The van der Waals surface area contributed by atoms with Crippen LogP contribution in [-0.4, -0.2) is 17.6 Å². The molecule has 0 saturated heterocycles. The SMILES string of the molecule is CCCCCCN1c2ccc(/C=C(\C#N)C(=O)O)cc2Sc2cc(-c3ccc(N(c4ccc(N5c6ccccc6Sc6ccccc65)cc4)c4ccc(N5c6ccccc6Sc6ccccc65)cc4)cc3)ccc21. The topological polar surface area (TPSA) is 74.0 Å². The zero-order valence-electron chi connectivity index (χ0n) is 40.6. The molecule has 0 fully saturated rings. The molecule has 3 heterocycles. The zero-order chi connectivity index (χ0) is 50.1. The van der Waals surface area contributed by atoms with Crippen molar-refractivity contribution in [2.75, 3.05) is 26.1 Å². The van der Waals surface area contributed by atoms with Crippen LogP contribution in [0.3, 0.4) is 0 Å². The van der Waals surface area contributed by atoms with Gasteiger partial charge in [-0.1, -0.05) is 134 Å². The van der Waals surface area contributed by atoms with E-state index in [9.17, 15) is 15.2 Å². The molecule has 0 unspecified atom stereocenters. The Labute approximate surface area is 445 Å². The maximum absolute atomic E-state index is 11.7. The first kappa shape index (κ1) is 47.0. The number of nitrogens with zero attached hydrogens (tertiary/aromatic N) is 5. The molecule has 10 heteroatoms. The minimum atomic E-state index is -1.23. The minimum Gasteiger partial charge on any atom is -0.477 e. The van der Waals surface area contributed by atoms with Gasteiger partial charge < -0.3 is 24.7 Å². The van der Waals surface area contributed by atoms with E-state index in [1.54, 1.807) is 11.8 Å². The van der Waals surface area contributed by atoms with Gasteiger partial charge >= 0.3 is 5.97 Å². The van der Waals surface area contributed by atoms with Crippen molar-refractivity contribution in [1.82, 2.24) is 0 Å². The molecule has 7 nitrogen and oxygen atoms in total.